The second kappa shape index (κ2) is 8.40. The molecule has 0 saturated heterocycles. The lowest BCUT2D eigenvalue weighted by Gasteiger charge is -2.08. The first-order valence-corrected chi connectivity index (χ1v) is 7.51. The summed E-state index contributed by atoms with van der Waals surface area (Å²) in [6.45, 7) is -0.523. The highest BCUT2D eigenvalue weighted by Crippen LogP contribution is 2.18. The predicted molar refractivity (Wildman–Crippen MR) is 86.4 cm³/mol. The molecule has 2 aromatic rings. The van der Waals surface area contributed by atoms with E-state index in [1.54, 1.807) is 6.07 Å². The van der Waals surface area contributed by atoms with Crippen LogP contribution in [-0.4, -0.2) is 11.8 Å². The summed E-state index contributed by atoms with van der Waals surface area (Å²) in [4.78, 5) is 23.4. The molecule has 7 heteroatoms. The highest BCUT2D eigenvalue weighted by atomic mass is 35.5. The normalized spacial score (nSPS) is 10.3. The van der Waals surface area contributed by atoms with Crippen LogP contribution in [0.5, 0.6) is 0 Å². The molecular formula is C17H15ClF2N2O2. The number of amides is 2. The van der Waals surface area contributed by atoms with Crippen molar-refractivity contribution in [2.45, 2.75) is 19.8 Å². The van der Waals surface area contributed by atoms with E-state index in [-0.39, 0.29) is 18.9 Å². The molecule has 126 valence electrons. The average molecular weight is 353 g/mol. The van der Waals surface area contributed by atoms with Gasteiger partial charge in [0.2, 0.25) is 0 Å². The molecule has 0 aromatic heterocycles. The lowest BCUT2D eigenvalue weighted by molar-refractivity contribution is -0.139. The number of alkyl halides is 1. The van der Waals surface area contributed by atoms with Crippen LogP contribution in [0.1, 0.15) is 16.7 Å². The third-order valence-electron chi connectivity index (χ3n) is 3.28. The molecule has 0 aliphatic heterocycles. The van der Waals surface area contributed by atoms with Crippen molar-refractivity contribution in [3.63, 3.8) is 0 Å². The Labute approximate surface area is 142 Å². The minimum atomic E-state index is -0.811. The summed E-state index contributed by atoms with van der Waals surface area (Å²) in [6, 6.07) is 10.3. The minimum absolute atomic E-state index is 0.0764. The van der Waals surface area contributed by atoms with Gasteiger partial charge in [-0.15, -0.1) is 0 Å². The van der Waals surface area contributed by atoms with Gasteiger partial charge in [0.1, 0.15) is 12.5 Å². The minimum Gasteiger partial charge on any atom is -0.344 e. The monoisotopic (exact) mass is 352 g/mol. The molecule has 0 bridgehead atoms. The number of hydrogen-bond acceptors (Lipinski definition) is 2. The summed E-state index contributed by atoms with van der Waals surface area (Å²) < 4.78 is 25.5. The molecular weight excluding hydrogens is 338 g/mol. The smallest absolute Gasteiger partial charge is 0.309 e. The molecule has 2 N–H and O–H groups in total. The number of halogens is 3. The summed E-state index contributed by atoms with van der Waals surface area (Å²) >= 11 is 5.80. The fourth-order valence-electron chi connectivity index (χ4n) is 1.97. The van der Waals surface area contributed by atoms with E-state index < -0.39 is 18.5 Å². The molecule has 0 unspecified atom stereocenters. The van der Waals surface area contributed by atoms with Crippen molar-refractivity contribution in [3.05, 3.63) is 70.0 Å². The summed E-state index contributed by atoms with van der Waals surface area (Å²) in [5.74, 6) is -1.99. The van der Waals surface area contributed by atoms with Crippen LogP contribution in [-0.2, 0) is 29.4 Å². The maximum Gasteiger partial charge on any atom is 0.309 e. The summed E-state index contributed by atoms with van der Waals surface area (Å²) in [6.07, 6.45) is 0. The quantitative estimate of drug-likeness (QED) is 0.813. The predicted octanol–water partition coefficient (Wildman–Crippen LogP) is 2.88. The van der Waals surface area contributed by atoms with Crippen LogP contribution < -0.4 is 10.6 Å². The molecule has 0 heterocycles. The molecule has 0 spiro atoms. The lowest BCUT2D eigenvalue weighted by atomic mass is 10.1. The van der Waals surface area contributed by atoms with Gasteiger partial charge in [-0.3, -0.25) is 9.59 Å². The van der Waals surface area contributed by atoms with Crippen LogP contribution in [0.3, 0.4) is 0 Å². The third-order valence-corrected chi connectivity index (χ3v) is 3.65. The molecule has 0 aliphatic rings. The van der Waals surface area contributed by atoms with Gasteiger partial charge in [0.15, 0.2) is 0 Å². The Balaban J connectivity index is 1.83. The molecule has 2 amide bonds. The number of benzene rings is 2. The molecule has 0 saturated carbocycles. The zero-order valence-corrected chi connectivity index (χ0v) is 13.4. The van der Waals surface area contributed by atoms with Crippen LogP contribution in [0.4, 0.5) is 8.78 Å². The SMILES string of the molecule is O=C(NCc1ccc(F)cc1)C(=O)NCc1ccc(Cl)c(CF)c1. The van der Waals surface area contributed by atoms with Gasteiger partial charge in [-0.05, 0) is 35.4 Å². The molecule has 0 fully saturated rings. The van der Waals surface area contributed by atoms with E-state index in [1.807, 2.05) is 0 Å². The van der Waals surface area contributed by atoms with Gasteiger partial charge in [-0.25, -0.2) is 8.78 Å². The van der Waals surface area contributed by atoms with Crippen LogP contribution in [0, 0.1) is 5.82 Å². The Hall–Kier alpha value is -2.47. The van der Waals surface area contributed by atoms with Gasteiger partial charge >= 0.3 is 11.8 Å². The van der Waals surface area contributed by atoms with E-state index >= 15 is 0 Å². The largest absolute Gasteiger partial charge is 0.344 e. The van der Waals surface area contributed by atoms with Crippen molar-refractivity contribution in [2.75, 3.05) is 0 Å². The topological polar surface area (TPSA) is 58.2 Å². The number of carbonyl (C=O) groups is 2. The molecule has 4 nitrogen and oxygen atoms in total. The van der Waals surface area contributed by atoms with Crippen molar-refractivity contribution in [1.82, 2.24) is 10.6 Å². The number of rotatable bonds is 5. The van der Waals surface area contributed by atoms with Gasteiger partial charge in [0.05, 0.1) is 0 Å². The summed E-state index contributed by atoms with van der Waals surface area (Å²) in [5, 5.41) is 5.18. The van der Waals surface area contributed by atoms with Gasteiger partial charge < -0.3 is 10.6 Å². The van der Waals surface area contributed by atoms with Crippen LogP contribution >= 0.6 is 11.6 Å². The molecule has 24 heavy (non-hydrogen) atoms. The molecule has 0 atom stereocenters. The van der Waals surface area contributed by atoms with Crippen LogP contribution in [0.25, 0.3) is 0 Å². The average Bonchev–Trinajstić information content (AvgIpc) is 2.60. The third kappa shape index (κ3) is 5.03. The van der Waals surface area contributed by atoms with E-state index in [9.17, 15) is 18.4 Å². The summed E-state index contributed by atoms with van der Waals surface area (Å²) in [7, 11) is 0. The highest BCUT2D eigenvalue weighted by Gasteiger charge is 2.13. The lowest BCUT2D eigenvalue weighted by Crippen LogP contribution is -2.39. The maximum atomic E-state index is 12.8. The zero-order valence-electron chi connectivity index (χ0n) is 12.6. The molecule has 0 radical (unpaired) electrons. The van der Waals surface area contributed by atoms with Gasteiger partial charge in [-0.2, -0.15) is 0 Å². The van der Waals surface area contributed by atoms with Crippen LogP contribution in [0.2, 0.25) is 5.02 Å². The van der Waals surface area contributed by atoms with Crippen molar-refractivity contribution in [1.29, 1.82) is 0 Å². The molecule has 0 aliphatic carbocycles. The Bertz CT molecular complexity index is 736. The van der Waals surface area contributed by atoms with E-state index in [2.05, 4.69) is 10.6 Å². The molecule has 2 rings (SSSR count). The van der Waals surface area contributed by atoms with Gasteiger partial charge in [0, 0.05) is 23.7 Å². The van der Waals surface area contributed by atoms with E-state index in [0.717, 1.165) is 0 Å². The van der Waals surface area contributed by atoms with E-state index in [4.69, 9.17) is 11.6 Å². The number of nitrogens with one attached hydrogen (secondary N) is 2. The Kier molecular flexibility index (Phi) is 6.26. The highest BCUT2D eigenvalue weighted by molar-refractivity contribution is 6.35. The Morgan fingerprint density at radius 1 is 0.917 bits per heavy atom. The first kappa shape index (κ1) is 17.9. The fraction of sp³-hybridized carbons (Fsp3) is 0.176. The van der Waals surface area contributed by atoms with E-state index in [0.29, 0.717) is 21.7 Å². The first-order valence-electron chi connectivity index (χ1n) is 7.13. The fourth-order valence-corrected chi connectivity index (χ4v) is 2.14. The maximum absolute atomic E-state index is 12.8. The Morgan fingerprint density at radius 2 is 1.46 bits per heavy atom. The number of carbonyl (C=O) groups excluding carboxylic acids is 2. The van der Waals surface area contributed by atoms with Crippen molar-refractivity contribution in [2.24, 2.45) is 0 Å². The van der Waals surface area contributed by atoms with E-state index in [1.165, 1.54) is 36.4 Å². The zero-order chi connectivity index (χ0) is 17.5. The Morgan fingerprint density at radius 3 is 2.04 bits per heavy atom. The molecule has 2 aromatic carbocycles. The second-order valence-electron chi connectivity index (χ2n) is 5.05. The van der Waals surface area contributed by atoms with Crippen molar-refractivity contribution >= 4 is 23.4 Å². The second-order valence-corrected chi connectivity index (χ2v) is 5.46. The summed E-state index contributed by atoms with van der Waals surface area (Å²) in [5.41, 5.74) is 1.62. The van der Waals surface area contributed by atoms with Gasteiger partial charge in [0.25, 0.3) is 0 Å². The number of hydrogen-bond donors (Lipinski definition) is 2. The van der Waals surface area contributed by atoms with Crippen molar-refractivity contribution < 1.29 is 18.4 Å². The first-order chi connectivity index (χ1) is 11.5. The van der Waals surface area contributed by atoms with Crippen LogP contribution in [0.15, 0.2) is 42.5 Å². The van der Waals surface area contributed by atoms with Gasteiger partial charge in [-0.1, -0.05) is 29.8 Å². The standard InChI is InChI=1S/C17H15ClF2N2O2/c18-15-6-3-12(7-13(15)8-19)10-22-17(24)16(23)21-9-11-1-4-14(20)5-2-11/h1-7H,8-10H2,(H,21,23)(H,22,24). The van der Waals surface area contributed by atoms with Crippen molar-refractivity contribution in [3.8, 4) is 0 Å².